The first-order valence-electron chi connectivity index (χ1n) is 8.70. The van der Waals surface area contributed by atoms with E-state index >= 15 is 0 Å². The van der Waals surface area contributed by atoms with Gasteiger partial charge in [-0.05, 0) is 37.1 Å². The molecule has 29 heavy (non-hydrogen) atoms. The molecular formula is C19H15ClF3N5O. The summed E-state index contributed by atoms with van der Waals surface area (Å²) in [4.78, 5) is 22.7. The average Bonchev–Trinajstić information content (AvgIpc) is 3.27. The molecular weight excluding hydrogens is 407 g/mol. The Balaban J connectivity index is 1.61. The van der Waals surface area contributed by atoms with E-state index in [2.05, 4.69) is 15.1 Å². The molecule has 0 spiro atoms. The zero-order valence-electron chi connectivity index (χ0n) is 15.4. The van der Waals surface area contributed by atoms with E-state index in [9.17, 15) is 18.0 Å². The lowest BCUT2D eigenvalue weighted by Crippen LogP contribution is -2.27. The lowest BCUT2D eigenvalue weighted by molar-refractivity contribution is -0.137. The fourth-order valence-corrected chi connectivity index (χ4v) is 3.57. The fraction of sp³-hybridized carbons (Fsp3) is 0.263. The number of carbonyl (C=O) groups excluding carboxylic acids is 1. The van der Waals surface area contributed by atoms with Crippen LogP contribution in [0.1, 0.15) is 45.6 Å². The van der Waals surface area contributed by atoms with Gasteiger partial charge in [-0.25, -0.2) is 14.6 Å². The van der Waals surface area contributed by atoms with E-state index in [0.29, 0.717) is 34.2 Å². The maximum absolute atomic E-state index is 12.8. The van der Waals surface area contributed by atoms with Gasteiger partial charge in [-0.1, -0.05) is 11.6 Å². The first-order chi connectivity index (χ1) is 13.7. The number of nitrogens with zero attached hydrogens (tertiary/aromatic N) is 5. The van der Waals surface area contributed by atoms with Crippen molar-refractivity contribution in [3.8, 4) is 5.82 Å². The van der Waals surface area contributed by atoms with E-state index in [-0.39, 0.29) is 11.9 Å². The summed E-state index contributed by atoms with van der Waals surface area (Å²) >= 11 is 6.11. The van der Waals surface area contributed by atoms with Gasteiger partial charge in [0, 0.05) is 29.7 Å². The zero-order valence-corrected chi connectivity index (χ0v) is 16.2. The molecule has 4 rings (SSSR count). The minimum atomic E-state index is -4.47. The Hall–Kier alpha value is -2.94. The molecule has 1 unspecified atom stereocenters. The quantitative estimate of drug-likeness (QED) is 0.589. The van der Waals surface area contributed by atoms with E-state index in [1.165, 1.54) is 12.4 Å². The van der Waals surface area contributed by atoms with Gasteiger partial charge < -0.3 is 4.90 Å². The molecule has 1 aliphatic rings. The van der Waals surface area contributed by atoms with Crippen LogP contribution in [0.15, 0.2) is 36.9 Å². The first kappa shape index (κ1) is 19.4. The third-order valence-corrected chi connectivity index (χ3v) is 5.30. The number of rotatable bonds is 3. The monoisotopic (exact) mass is 421 g/mol. The molecule has 6 nitrogen and oxygen atoms in total. The number of fused-ring (bicyclic) bond motifs is 1. The number of aromatic nitrogens is 4. The summed E-state index contributed by atoms with van der Waals surface area (Å²) in [5, 5.41) is 4.06. The van der Waals surface area contributed by atoms with Crippen LogP contribution < -0.4 is 0 Å². The molecule has 4 heterocycles. The minimum Gasteiger partial charge on any atom is -0.327 e. The SMILES string of the molecule is Cc1cc(C(C)N2Cc3c(ccnc3Cl)C2=O)cnc1-n1cc(C(F)(F)F)cn1. The standard InChI is InChI=1S/C19H15ClF3N5O/c1-10-5-12(6-25-17(10)28-8-13(7-26-28)19(21,22)23)11(2)27-9-15-14(18(27)29)3-4-24-16(15)20/h3-8,11H,9H2,1-2H3. The van der Waals surface area contributed by atoms with Crippen LogP contribution in [0.5, 0.6) is 0 Å². The first-order valence-corrected chi connectivity index (χ1v) is 9.07. The molecule has 0 aromatic carbocycles. The second-order valence-electron chi connectivity index (χ2n) is 6.82. The number of halogens is 4. The number of carbonyl (C=O) groups is 1. The van der Waals surface area contributed by atoms with Gasteiger partial charge in [-0.3, -0.25) is 4.79 Å². The average molecular weight is 422 g/mol. The van der Waals surface area contributed by atoms with E-state index in [4.69, 9.17) is 11.6 Å². The van der Waals surface area contributed by atoms with Crippen LogP contribution in [0, 0.1) is 6.92 Å². The Labute approximate surface area is 168 Å². The Kier molecular flexibility index (Phi) is 4.57. The van der Waals surface area contributed by atoms with Crippen molar-refractivity contribution in [1.29, 1.82) is 0 Å². The number of alkyl halides is 3. The van der Waals surface area contributed by atoms with Crippen molar-refractivity contribution in [1.82, 2.24) is 24.6 Å². The van der Waals surface area contributed by atoms with Crippen molar-refractivity contribution < 1.29 is 18.0 Å². The van der Waals surface area contributed by atoms with Gasteiger partial charge in [0.05, 0.1) is 24.3 Å². The molecule has 0 saturated carbocycles. The topological polar surface area (TPSA) is 63.9 Å². The summed E-state index contributed by atoms with van der Waals surface area (Å²) < 4.78 is 39.5. The predicted octanol–water partition coefficient (Wildman–Crippen LogP) is 4.36. The van der Waals surface area contributed by atoms with Crippen molar-refractivity contribution in [3.63, 3.8) is 0 Å². The summed E-state index contributed by atoms with van der Waals surface area (Å²) in [6.07, 6.45) is 0.219. The Bertz CT molecular complexity index is 1110. The van der Waals surface area contributed by atoms with Gasteiger partial charge in [0.15, 0.2) is 5.82 Å². The van der Waals surface area contributed by atoms with E-state index < -0.39 is 11.7 Å². The van der Waals surface area contributed by atoms with Crippen molar-refractivity contribution in [2.75, 3.05) is 0 Å². The zero-order chi connectivity index (χ0) is 20.9. The van der Waals surface area contributed by atoms with E-state index in [0.717, 1.165) is 22.6 Å². The van der Waals surface area contributed by atoms with Crippen LogP contribution in [0.25, 0.3) is 5.82 Å². The molecule has 3 aromatic rings. The maximum Gasteiger partial charge on any atom is 0.419 e. The van der Waals surface area contributed by atoms with E-state index in [1.54, 1.807) is 24.0 Å². The molecule has 0 bridgehead atoms. The van der Waals surface area contributed by atoms with Crippen molar-refractivity contribution in [3.05, 3.63) is 69.9 Å². The minimum absolute atomic E-state index is 0.152. The number of pyridine rings is 2. The van der Waals surface area contributed by atoms with Crippen LogP contribution in [-0.4, -0.2) is 30.6 Å². The van der Waals surface area contributed by atoms with Gasteiger partial charge in [-0.15, -0.1) is 0 Å². The molecule has 3 aromatic heterocycles. The molecule has 150 valence electrons. The molecule has 0 fully saturated rings. The molecule has 1 aliphatic heterocycles. The lowest BCUT2D eigenvalue weighted by Gasteiger charge is -2.25. The number of aryl methyl sites for hydroxylation is 1. The fourth-order valence-electron chi connectivity index (χ4n) is 3.35. The predicted molar refractivity (Wildman–Crippen MR) is 98.6 cm³/mol. The largest absolute Gasteiger partial charge is 0.419 e. The van der Waals surface area contributed by atoms with Crippen molar-refractivity contribution in [2.45, 2.75) is 32.6 Å². The molecule has 1 atom stereocenters. The second kappa shape index (κ2) is 6.84. The summed E-state index contributed by atoms with van der Waals surface area (Å²) in [6, 6.07) is 3.12. The lowest BCUT2D eigenvalue weighted by atomic mass is 10.1. The van der Waals surface area contributed by atoms with Crippen LogP contribution >= 0.6 is 11.6 Å². The molecule has 1 amide bonds. The van der Waals surface area contributed by atoms with Gasteiger partial charge >= 0.3 is 6.18 Å². The number of amides is 1. The Morgan fingerprint density at radius 2 is 2.00 bits per heavy atom. The van der Waals surface area contributed by atoms with Gasteiger partial charge in [-0.2, -0.15) is 18.3 Å². The highest BCUT2D eigenvalue weighted by Gasteiger charge is 2.34. The van der Waals surface area contributed by atoms with Crippen LogP contribution in [0.2, 0.25) is 5.15 Å². The van der Waals surface area contributed by atoms with Crippen LogP contribution in [0.3, 0.4) is 0 Å². The van der Waals surface area contributed by atoms with Crippen LogP contribution in [0.4, 0.5) is 13.2 Å². The van der Waals surface area contributed by atoms with Crippen LogP contribution in [-0.2, 0) is 12.7 Å². The molecule has 10 heteroatoms. The summed E-state index contributed by atoms with van der Waals surface area (Å²) in [5.41, 5.74) is 1.75. The second-order valence-corrected chi connectivity index (χ2v) is 7.18. The maximum atomic E-state index is 12.8. The summed E-state index contributed by atoms with van der Waals surface area (Å²) in [6.45, 7) is 3.92. The van der Waals surface area contributed by atoms with Gasteiger partial charge in [0.1, 0.15) is 5.15 Å². The highest BCUT2D eigenvalue weighted by Crippen LogP contribution is 2.34. The third-order valence-electron chi connectivity index (χ3n) is 4.97. The number of hydrogen-bond donors (Lipinski definition) is 0. The molecule has 0 saturated heterocycles. The summed E-state index contributed by atoms with van der Waals surface area (Å²) in [5.74, 6) is 0.139. The highest BCUT2D eigenvalue weighted by atomic mass is 35.5. The van der Waals surface area contributed by atoms with Gasteiger partial charge in [0.2, 0.25) is 0 Å². The molecule has 0 aliphatic carbocycles. The van der Waals surface area contributed by atoms with Crippen molar-refractivity contribution >= 4 is 17.5 Å². The van der Waals surface area contributed by atoms with E-state index in [1.807, 2.05) is 6.92 Å². The van der Waals surface area contributed by atoms with Gasteiger partial charge in [0.25, 0.3) is 5.91 Å². The Morgan fingerprint density at radius 3 is 2.62 bits per heavy atom. The smallest absolute Gasteiger partial charge is 0.327 e. The molecule has 0 N–H and O–H groups in total. The Morgan fingerprint density at radius 1 is 1.24 bits per heavy atom. The highest BCUT2D eigenvalue weighted by molar-refractivity contribution is 6.30. The molecule has 0 radical (unpaired) electrons. The normalized spacial score (nSPS) is 15.0. The summed E-state index contributed by atoms with van der Waals surface area (Å²) in [7, 11) is 0. The third kappa shape index (κ3) is 3.35. The van der Waals surface area contributed by atoms with Crippen molar-refractivity contribution in [2.24, 2.45) is 0 Å². The number of hydrogen-bond acceptors (Lipinski definition) is 4.